The molecule has 2 aromatic carbocycles. The summed E-state index contributed by atoms with van der Waals surface area (Å²) in [6.07, 6.45) is 0. The maximum absolute atomic E-state index is 12.9. The Morgan fingerprint density at radius 1 is 1.04 bits per heavy atom. The number of ether oxygens (including phenoxy) is 2. The van der Waals surface area contributed by atoms with Crippen molar-refractivity contribution in [1.82, 2.24) is 4.31 Å². The summed E-state index contributed by atoms with van der Waals surface area (Å²) in [4.78, 5) is -0.123. The summed E-state index contributed by atoms with van der Waals surface area (Å²) in [6, 6.07) is 8.18. The van der Waals surface area contributed by atoms with Gasteiger partial charge in [-0.1, -0.05) is 45.2 Å². The van der Waals surface area contributed by atoms with Crippen LogP contribution in [0.25, 0.3) is 0 Å². The molecule has 0 aliphatic heterocycles. The van der Waals surface area contributed by atoms with Crippen molar-refractivity contribution >= 4 is 49.2 Å². The second-order valence-electron chi connectivity index (χ2n) is 5.15. The van der Waals surface area contributed by atoms with E-state index in [-0.39, 0.29) is 21.5 Å². The third kappa shape index (κ3) is 4.41. The van der Waals surface area contributed by atoms with Crippen molar-refractivity contribution in [3.8, 4) is 11.5 Å². The number of sulfonamides is 1. The summed E-state index contributed by atoms with van der Waals surface area (Å²) in [5.41, 5.74) is 0.730. The number of methoxy groups -OCH3 is 2. The Balaban J connectivity index is 2.36. The van der Waals surface area contributed by atoms with Crippen molar-refractivity contribution in [1.29, 1.82) is 0 Å². The van der Waals surface area contributed by atoms with Crippen LogP contribution in [0.4, 0.5) is 0 Å². The zero-order valence-corrected chi connectivity index (χ0v) is 17.6. The highest BCUT2D eigenvalue weighted by atomic mass is 79.9. The second-order valence-corrected chi connectivity index (χ2v) is 8.86. The summed E-state index contributed by atoms with van der Waals surface area (Å²) in [7, 11) is 0.636. The first-order chi connectivity index (χ1) is 11.7. The molecular weight excluding hydrogens is 453 g/mol. The zero-order valence-electron chi connectivity index (χ0n) is 13.7. The van der Waals surface area contributed by atoms with Crippen LogP contribution in [-0.2, 0) is 16.6 Å². The van der Waals surface area contributed by atoms with Gasteiger partial charge in [0, 0.05) is 18.1 Å². The van der Waals surface area contributed by atoms with E-state index in [1.54, 1.807) is 18.2 Å². The van der Waals surface area contributed by atoms with Crippen LogP contribution in [0.3, 0.4) is 0 Å². The van der Waals surface area contributed by atoms with Crippen LogP contribution < -0.4 is 9.47 Å². The summed E-state index contributed by atoms with van der Waals surface area (Å²) >= 11 is 15.4. The van der Waals surface area contributed by atoms with E-state index in [0.717, 1.165) is 5.56 Å². The fourth-order valence-corrected chi connectivity index (χ4v) is 5.29. The molecular formula is C16H16BrCl2NO4S. The predicted molar refractivity (Wildman–Crippen MR) is 102 cm³/mol. The Morgan fingerprint density at radius 3 is 2.12 bits per heavy atom. The Labute approximate surface area is 165 Å². The quantitative estimate of drug-likeness (QED) is 0.621. The summed E-state index contributed by atoms with van der Waals surface area (Å²) in [6.45, 7) is 0.116. The molecule has 0 aliphatic rings. The minimum Gasteiger partial charge on any atom is -0.493 e. The molecule has 0 atom stereocenters. The first-order valence-electron chi connectivity index (χ1n) is 7.02. The van der Waals surface area contributed by atoms with Gasteiger partial charge < -0.3 is 9.47 Å². The Hall–Kier alpha value is -0.990. The smallest absolute Gasteiger partial charge is 0.246 e. The second kappa shape index (κ2) is 8.14. The van der Waals surface area contributed by atoms with Gasteiger partial charge in [0.2, 0.25) is 10.0 Å². The van der Waals surface area contributed by atoms with Crippen molar-refractivity contribution in [3.63, 3.8) is 0 Å². The molecule has 0 spiro atoms. The van der Waals surface area contributed by atoms with Gasteiger partial charge in [-0.05, 0) is 29.8 Å². The molecule has 0 bridgehead atoms. The first-order valence-corrected chi connectivity index (χ1v) is 10.0. The summed E-state index contributed by atoms with van der Waals surface area (Å²) in [5, 5.41) is 0.108. The Bertz CT molecular complexity index is 867. The molecule has 0 heterocycles. The Morgan fingerprint density at radius 2 is 1.60 bits per heavy atom. The van der Waals surface area contributed by atoms with Gasteiger partial charge in [0.05, 0.1) is 24.3 Å². The van der Waals surface area contributed by atoms with E-state index in [0.29, 0.717) is 16.0 Å². The highest BCUT2D eigenvalue weighted by Gasteiger charge is 2.27. The lowest BCUT2D eigenvalue weighted by atomic mass is 10.2. The molecule has 0 saturated heterocycles. The maximum Gasteiger partial charge on any atom is 0.246 e. The van der Waals surface area contributed by atoms with E-state index in [4.69, 9.17) is 32.7 Å². The standard InChI is InChI=1S/C16H16BrCl2NO4S/c1-20(9-10-4-5-14(23-2)15(6-10)24-3)25(21,22)16-12(18)7-11(17)8-13(16)19/h4-8H,9H2,1-3H3. The zero-order chi connectivity index (χ0) is 18.8. The molecule has 2 aromatic rings. The summed E-state index contributed by atoms with van der Waals surface area (Å²) < 4.78 is 37.9. The molecule has 0 fully saturated rings. The van der Waals surface area contributed by atoms with E-state index < -0.39 is 10.0 Å². The van der Waals surface area contributed by atoms with Crippen molar-refractivity contribution in [2.24, 2.45) is 0 Å². The molecule has 0 aliphatic carbocycles. The van der Waals surface area contributed by atoms with Crippen molar-refractivity contribution in [2.45, 2.75) is 11.4 Å². The van der Waals surface area contributed by atoms with E-state index >= 15 is 0 Å². The van der Waals surface area contributed by atoms with Crippen molar-refractivity contribution in [2.75, 3.05) is 21.3 Å². The monoisotopic (exact) mass is 467 g/mol. The molecule has 0 amide bonds. The molecule has 2 rings (SSSR count). The van der Waals surface area contributed by atoms with Gasteiger partial charge in [-0.25, -0.2) is 8.42 Å². The molecule has 0 unspecified atom stereocenters. The minimum atomic E-state index is -3.87. The van der Waals surface area contributed by atoms with E-state index in [1.165, 1.54) is 37.7 Å². The molecule has 25 heavy (non-hydrogen) atoms. The van der Waals surface area contributed by atoms with Gasteiger partial charge in [0.15, 0.2) is 11.5 Å². The number of rotatable bonds is 6. The largest absolute Gasteiger partial charge is 0.493 e. The van der Waals surface area contributed by atoms with Crippen LogP contribution >= 0.6 is 39.1 Å². The third-order valence-corrected chi connectivity index (χ3v) is 6.67. The third-order valence-electron chi connectivity index (χ3n) is 3.48. The number of halogens is 3. The van der Waals surface area contributed by atoms with E-state index in [1.807, 2.05) is 0 Å². The van der Waals surface area contributed by atoms with Gasteiger partial charge in [-0.3, -0.25) is 0 Å². The van der Waals surface area contributed by atoms with Crippen LogP contribution in [0.1, 0.15) is 5.56 Å². The fourth-order valence-electron chi connectivity index (χ4n) is 2.25. The summed E-state index contributed by atoms with van der Waals surface area (Å²) in [5.74, 6) is 1.08. The predicted octanol–water partition coefficient (Wildman–Crippen LogP) is 4.59. The number of nitrogens with zero attached hydrogens (tertiary/aromatic N) is 1. The fraction of sp³-hybridized carbons (Fsp3) is 0.250. The lowest BCUT2D eigenvalue weighted by molar-refractivity contribution is 0.354. The average molecular weight is 469 g/mol. The highest BCUT2D eigenvalue weighted by Crippen LogP contribution is 2.35. The molecule has 0 aromatic heterocycles. The van der Waals surface area contributed by atoms with Crippen LogP contribution in [0.5, 0.6) is 11.5 Å². The highest BCUT2D eigenvalue weighted by molar-refractivity contribution is 9.10. The van der Waals surface area contributed by atoms with Crippen LogP contribution in [0.2, 0.25) is 10.0 Å². The van der Waals surface area contributed by atoms with Gasteiger partial charge in [0.1, 0.15) is 4.90 Å². The molecule has 0 radical (unpaired) electrons. The van der Waals surface area contributed by atoms with Gasteiger partial charge in [0.25, 0.3) is 0 Å². The number of hydrogen-bond acceptors (Lipinski definition) is 4. The van der Waals surface area contributed by atoms with E-state index in [9.17, 15) is 8.42 Å². The Kier molecular flexibility index (Phi) is 6.62. The molecule has 136 valence electrons. The minimum absolute atomic E-state index is 0.0542. The van der Waals surface area contributed by atoms with Crippen LogP contribution in [0.15, 0.2) is 39.7 Å². The number of hydrogen-bond donors (Lipinski definition) is 0. The lowest BCUT2D eigenvalue weighted by Crippen LogP contribution is -2.27. The number of benzene rings is 2. The topological polar surface area (TPSA) is 55.8 Å². The SMILES string of the molecule is COc1ccc(CN(C)S(=O)(=O)c2c(Cl)cc(Br)cc2Cl)cc1OC. The van der Waals surface area contributed by atoms with Gasteiger partial charge in [-0.2, -0.15) is 4.31 Å². The lowest BCUT2D eigenvalue weighted by Gasteiger charge is -2.20. The normalized spacial score (nSPS) is 11.6. The average Bonchev–Trinajstić information content (AvgIpc) is 2.53. The van der Waals surface area contributed by atoms with Crippen molar-refractivity contribution < 1.29 is 17.9 Å². The van der Waals surface area contributed by atoms with E-state index in [2.05, 4.69) is 15.9 Å². The van der Waals surface area contributed by atoms with Gasteiger partial charge in [-0.15, -0.1) is 0 Å². The molecule has 5 nitrogen and oxygen atoms in total. The van der Waals surface area contributed by atoms with Crippen LogP contribution in [0, 0.1) is 0 Å². The first kappa shape index (κ1) is 20.3. The molecule has 9 heteroatoms. The van der Waals surface area contributed by atoms with Crippen LogP contribution in [-0.4, -0.2) is 34.0 Å². The molecule has 0 N–H and O–H groups in total. The molecule has 0 saturated carbocycles. The maximum atomic E-state index is 12.9. The van der Waals surface area contributed by atoms with Crippen molar-refractivity contribution in [3.05, 3.63) is 50.4 Å². The van der Waals surface area contributed by atoms with Gasteiger partial charge >= 0.3 is 0 Å².